The first-order valence-electron chi connectivity index (χ1n) is 8.75. The molecule has 3 heterocycles. The number of aryl methyl sites for hydroxylation is 1. The summed E-state index contributed by atoms with van der Waals surface area (Å²) >= 11 is 0. The van der Waals surface area contributed by atoms with Crippen LogP contribution in [-0.2, 0) is 13.0 Å². The maximum absolute atomic E-state index is 9.81. The minimum atomic E-state index is 0.0592. The van der Waals surface area contributed by atoms with Crippen LogP contribution in [0.5, 0.6) is 0 Å². The van der Waals surface area contributed by atoms with Gasteiger partial charge >= 0.3 is 0 Å². The predicted octanol–water partition coefficient (Wildman–Crippen LogP) is 3.85. The number of benzene rings is 1. The van der Waals surface area contributed by atoms with E-state index in [1.165, 1.54) is 0 Å². The molecular formula is C21H21N3O2. The van der Waals surface area contributed by atoms with Gasteiger partial charge in [0.05, 0.1) is 11.8 Å². The van der Waals surface area contributed by atoms with Crippen LogP contribution in [0.25, 0.3) is 22.3 Å². The van der Waals surface area contributed by atoms with Gasteiger partial charge in [0, 0.05) is 55.0 Å². The number of pyridine rings is 1. The summed E-state index contributed by atoms with van der Waals surface area (Å²) in [4.78, 5) is 9.10. The van der Waals surface area contributed by atoms with Crippen molar-refractivity contribution in [3.05, 3.63) is 72.6 Å². The molecule has 0 amide bonds. The van der Waals surface area contributed by atoms with Gasteiger partial charge in [-0.25, -0.2) is 4.98 Å². The van der Waals surface area contributed by atoms with Crippen molar-refractivity contribution in [2.45, 2.75) is 19.9 Å². The van der Waals surface area contributed by atoms with Crippen molar-refractivity contribution in [3.63, 3.8) is 0 Å². The minimum Gasteiger partial charge on any atom is -0.469 e. The van der Waals surface area contributed by atoms with Crippen molar-refractivity contribution in [1.82, 2.24) is 14.5 Å². The lowest BCUT2D eigenvalue weighted by Crippen LogP contribution is -2.17. The quantitative estimate of drug-likeness (QED) is 0.575. The molecule has 0 saturated heterocycles. The molecule has 1 N–H and O–H groups in total. The van der Waals surface area contributed by atoms with Crippen LogP contribution in [0.1, 0.15) is 11.3 Å². The second-order valence-electron chi connectivity index (χ2n) is 6.56. The highest BCUT2D eigenvalue weighted by Crippen LogP contribution is 2.29. The van der Waals surface area contributed by atoms with Crippen molar-refractivity contribution in [1.29, 1.82) is 0 Å². The number of imidazole rings is 1. The van der Waals surface area contributed by atoms with Crippen LogP contribution >= 0.6 is 0 Å². The van der Waals surface area contributed by atoms with Crippen molar-refractivity contribution >= 4 is 10.9 Å². The van der Waals surface area contributed by atoms with E-state index in [2.05, 4.69) is 39.7 Å². The van der Waals surface area contributed by atoms with Gasteiger partial charge in [-0.1, -0.05) is 18.2 Å². The monoisotopic (exact) mass is 347 g/mol. The number of aliphatic hydroxyl groups is 1. The van der Waals surface area contributed by atoms with Gasteiger partial charge in [0.15, 0.2) is 0 Å². The van der Waals surface area contributed by atoms with Gasteiger partial charge in [-0.15, -0.1) is 0 Å². The first-order chi connectivity index (χ1) is 12.8. The Balaban J connectivity index is 1.68. The molecule has 0 aliphatic carbocycles. The third-order valence-electron chi connectivity index (χ3n) is 4.71. The number of fused-ring (bicyclic) bond motifs is 1. The van der Waals surface area contributed by atoms with Gasteiger partial charge in [0.2, 0.25) is 0 Å². The van der Waals surface area contributed by atoms with Crippen molar-refractivity contribution < 1.29 is 9.52 Å². The Bertz CT molecular complexity index is 1010. The first kappa shape index (κ1) is 16.5. The summed E-state index contributed by atoms with van der Waals surface area (Å²) in [7, 11) is 0. The average molecular weight is 347 g/mol. The average Bonchev–Trinajstić information content (AvgIpc) is 3.34. The van der Waals surface area contributed by atoms with E-state index < -0.39 is 0 Å². The molecule has 1 aromatic carbocycles. The molecule has 0 aliphatic heterocycles. The molecule has 4 aromatic rings. The van der Waals surface area contributed by atoms with Gasteiger partial charge in [-0.2, -0.15) is 0 Å². The summed E-state index contributed by atoms with van der Waals surface area (Å²) in [5, 5.41) is 10.9. The maximum Gasteiger partial charge on any atom is 0.140 e. The van der Waals surface area contributed by atoms with E-state index in [0.29, 0.717) is 13.0 Å². The zero-order valence-corrected chi connectivity index (χ0v) is 14.7. The van der Waals surface area contributed by atoms with Crippen molar-refractivity contribution in [2.24, 2.45) is 5.92 Å². The normalized spacial score (nSPS) is 12.5. The summed E-state index contributed by atoms with van der Waals surface area (Å²) in [6, 6.07) is 12.0. The molecule has 0 radical (unpaired) electrons. The van der Waals surface area contributed by atoms with Gasteiger partial charge in [0.25, 0.3) is 0 Å². The number of nitrogens with zero attached hydrogens (tertiary/aromatic N) is 3. The van der Waals surface area contributed by atoms with Crippen molar-refractivity contribution in [3.8, 4) is 11.4 Å². The second kappa shape index (κ2) is 7.14. The topological polar surface area (TPSA) is 64.1 Å². The Hall–Kier alpha value is -2.92. The van der Waals surface area contributed by atoms with Crippen LogP contribution < -0.4 is 0 Å². The minimum absolute atomic E-state index is 0.0592. The number of furan rings is 1. The van der Waals surface area contributed by atoms with Crippen LogP contribution in [0.3, 0.4) is 0 Å². The Kier molecular flexibility index (Phi) is 4.54. The zero-order chi connectivity index (χ0) is 17.9. The Morgan fingerprint density at radius 2 is 2.04 bits per heavy atom. The zero-order valence-electron chi connectivity index (χ0n) is 14.7. The summed E-state index contributed by atoms with van der Waals surface area (Å²) in [6.07, 6.45) is 7.94. The number of aliphatic hydroxyl groups excluding tert-OH is 1. The lowest BCUT2D eigenvalue weighted by Gasteiger charge is -2.16. The highest BCUT2D eigenvalue weighted by molar-refractivity contribution is 5.94. The van der Waals surface area contributed by atoms with Crippen LogP contribution in [0.2, 0.25) is 0 Å². The van der Waals surface area contributed by atoms with E-state index in [0.717, 1.165) is 33.6 Å². The first-order valence-corrected chi connectivity index (χ1v) is 8.75. The van der Waals surface area contributed by atoms with Crippen LogP contribution in [0.4, 0.5) is 0 Å². The molecule has 0 bridgehead atoms. The molecule has 0 fully saturated rings. The smallest absolute Gasteiger partial charge is 0.140 e. The highest BCUT2D eigenvalue weighted by atomic mass is 16.3. The molecule has 5 nitrogen and oxygen atoms in total. The van der Waals surface area contributed by atoms with E-state index in [4.69, 9.17) is 4.42 Å². The third-order valence-corrected chi connectivity index (χ3v) is 4.71. The molecule has 5 heteroatoms. The van der Waals surface area contributed by atoms with Crippen molar-refractivity contribution in [2.75, 3.05) is 6.61 Å². The summed E-state index contributed by atoms with van der Waals surface area (Å²) < 4.78 is 7.52. The van der Waals surface area contributed by atoms with E-state index in [-0.39, 0.29) is 12.5 Å². The molecular weight excluding hydrogens is 326 g/mol. The Morgan fingerprint density at radius 3 is 2.85 bits per heavy atom. The summed E-state index contributed by atoms with van der Waals surface area (Å²) in [5.41, 5.74) is 3.20. The maximum atomic E-state index is 9.81. The second-order valence-corrected chi connectivity index (χ2v) is 6.56. The molecule has 3 aromatic heterocycles. The molecule has 1 unspecified atom stereocenters. The summed E-state index contributed by atoms with van der Waals surface area (Å²) in [5.74, 6) is 1.83. The van der Waals surface area contributed by atoms with Gasteiger partial charge in [-0.3, -0.25) is 4.98 Å². The number of hydrogen-bond acceptors (Lipinski definition) is 4. The van der Waals surface area contributed by atoms with Crippen LogP contribution in [0, 0.1) is 12.8 Å². The number of aromatic nitrogens is 3. The molecule has 1 atom stereocenters. The van der Waals surface area contributed by atoms with E-state index in [1.54, 1.807) is 12.5 Å². The van der Waals surface area contributed by atoms with Gasteiger partial charge in [-0.05, 0) is 30.7 Å². The van der Waals surface area contributed by atoms with Gasteiger partial charge < -0.3 is 14.1 Å². The molecule has 0 aliphatic rings. The van der Waals surface area contributed by atoms with Crippen LogP contribution in [-0.4, -0.2) is 26.2 Å². The number of rotatable bonds is 6. The van der Waals surface area contributed by atoms with E-state index >= 15 is 0 Å². The standard InChI is InChI=1S/C21H21N3O2/c1-15-6-7-19(18-5-2-8-22-20(15)18)21-23-9-10-24(21)13-16(14-25)12-17-4-3-11-26-17/h2-11,16,25H,12-14H2,1H3. The van der Waals surface area contributed by atoms with Crippen LogP contribution in [0.15, 0.2) is 65.7 Å². The lowest BCUT2D eigenvalue weighted by atomic mass is 10.0. The number of hydrogen-bond donors (Lipinski definition) is 1. The SMILES string of the molecule is Cc1ccc(-c2nccn2CC(CO)Cc2ccco2)c2cccnc12. The molecule has 0 saturated carbocycles. The molecule has 26 heavy (non-hydrogen) atoms. The highest BCUT2D eigenvalue weighted by Gasteiger charge is 2.16. The largest absolute Gasteiger partial charge is 0.469 e. The third kappa shape index (κ3) is 3.13. The fourth-order valence-corrected chi connectivity index (χ4v) is 3.39. The summed E-state index contributed by atoms with van der Waals surface area (Å²) in [6.45, 7) is 2.83. The fourth-order valence-electron chi connectivity index (χ4n) is 3.39. The fraction of sp³-hybridized carbons (Fsp3) is 0.238. The van der Waals surface area contributed by atoms with Gasteiger partial charge in [0.1, 0.15) is 11.6 Å². The predicted molar refractivity (Wildman–Crippen MR) is 101 cm³/mol. The molecule has 132 valence electrons. The van der Waals surface area contributed by atoms with E-state index in [1.807, 2.05) is 30.6 Å². The molecule has 4 rings (SSSR count). The molecule has 0 spiro atoms. The lowest BCUT2D eigenvalue weighted by molar-refractivity contribution is 0.204. The Labute approximate surface area is 151 Å². The Morgan fingerprint density at radius 1 is 1.12 bits per heavy atom. The van der Waals surface area contributed by atoms with E-state index in [9.17, 15) is 5.11 Å².